The molecule has 30 heavy (non-hydrogen) atoms. The molecule has 1 aromatic heterocycles. The van der Waals surface area contributed by atoms with E-state index in [0.29, 0.717) is 0 Å². The van der Waals surface area contributed by atoms with Gasteiger partial charge in [-0.1, -0.05) is 26.8 Å². The van der Waals surface area contributed by atoms with Gasteiger partial charge in [0.2, 0.25) is 5.78 Å². The Labute approximate surface area is 176 Å². The van der Waals surface area contributed by atoms with Gasteiger partial charge in [-0.3, -0.25) is 14.6 Å². The highest BCUT2D eigenvalue weighted by atomic mass is 28.4. The minimum Gasteiger partial charge on any atom is -0.413 e. The largest absolute Gasteiger partial charge is 0.413 e. The molecule has 8 heteroatoms. The zero-order valence-corrected chi connectivity index (χ0v) is 18.8. The molecule has 0 saturated heterocycles. The highest BCUT2D eigenvalue weighted by Gasteiger charge is 2.36. The molecule has 0 atom stereocenters. The molecule has 2 rings (SSSR count). The Bertz CT molecular complexity index is 955. The van der Waals surface area contributed by atoms with Crippen LogP contribution in [-0.4, -0.2) is 31.6 Å². The number of hydrogen-bond donors (Lipinski definition) is 1. The molecule has 1 aromatic carbocycles. The van der Waals surface area contributed by atoms with Crippen molar-refractivity contribution >= 4 is 25.7 Å². The molecule has 1 amide bonds. The van der Waals surface area contributed by atoms with E-state index in [9.17, 15) is 18.4 Å². The number of hydrogen-bond acceptors (Lipinski definition) is 4. The zero-order chi connectivity index (χ0) is 22.5. The molecule has 2 aromatic rings. The number of benzene rings is 1. The number of Topliss-reactive ketones (excluding diaryl/α,β-unsaturated/α-hetero) is 1. The van der Waals surface area contributed by atoms with Gasteiger partial charge in [0.15, 0.2) is 14.1 Å². The number of carbonyl (C=O) groups is 2. The molecule has 0 aliphatic rings. The molecule has 1 heterocycles. The summed E-state index contributed by atoms with van der Waals surface area (Å²) >= 11 is 0. The van der Waals surface area contributed by atoms with E-state index < -0.39 is 37.2 Å². The fraction of sp³-hybridized carbons (Fsp3) is 0.318. The van der Waals surface area contributed by atoms with Gasteiger partial charge < -0.3 is 9.74 Å². The van der Waals surface area contributed by atoms with Crippen molar-refractivity contribution < 1.29 is 22.8 Å². The fourth-order valence-electron chi connectivity index (χ4n) is 2.23. The quantitative estimate of drug-likeness (QED) is 0.355. The van der Waals surface area contributed by atoms with E-state index in [1.54, 1.807) is 12.1 Å². The van der Waals surface area contributed by atoms with Crippen molar-refractivity contribution in [1.82, 2.24) is 4.98 Å². The van der Waals surface area contributed by atoms with Crippen molar-refractivity contribution in [3.8, 4) is 0 Å². The third kappa shape index (κ3) is 5.90. The Morgan fingerprint density at radius 2 is 1.90 bits per heavy atom. The van der Waals surface area contributed by atoms with Crippen LogP contribution in [0.15, 0.2) is 54.5 Å². The summed E-state index contributed by atoms with van der Waals surface area (Å²) in [5, 5.41) is 2.43. The van der Waals surface area contributed by atoms with Crippen LogP contribution in [0.25, 0.3) is 0 Å². The lowest BCUT2D eigenvalue weighted by Gasteiger charge is -2.35. The average Bonchev–Trinajstić information content (AvgIpc) is 2.67. The molecule has 0 unspecified atom stereocenters. The average molecular weight is 433 g/mol. The summed E-state index contributed by atoms with van der Waals surface area (Å²) < 4.78 is 34.5. The smallest absolute Gasteiger partial charge is 0.274 e. The van der Waals surface area contributed by atoms with Gasteiger partial charge >= 0.3 is 0 Å². The number of nitrogens with zero attached hydrogens (tertiary/aromatic N) is 1. The van der Waals surface area contributed by atoms with Gasteiger partial charge in [0.25, 0.3) is 5.91 Å². The van der Waals surface area contributed by atoms with Gasteiger partial charge in [-0.05, 0) is 54.5 Å². The Morgan fingerprint density at radius 3 is 2.47 bits per heavy atom. The summed E-state index contributed by atoms with van der Waals surface area (Å²) in [5.74, 6) is -3.62. The number of ketones is 1. The van der Waals surface area contributed by atoms with Crippen molar-refractivity contribution in [3.63, 3.8) is 0 Å². The number of rotatable bonds is 7. The van der Waals surface area contributed by atoms with E-state index >= 15 is 0 Å². The molecular weight excluding hydrogens is 406 g/mol. The van der Waals surface area contributed by atoms with E-state index in [4.69, 9.17) is 4.43 Å². The monoisotopic (exact) mass is 432 g/mol. The summed E-state index contributed by atoms with van der Waals surface area (Å²) in [6.45, 7) is 10.1. The number of halogens is 2. The van der Waals surface area contributed by atoms with Crippen LogP contribution in [0, 0.1) is 5.82 Å². The van der Waals surface area contributed by atoms with E-state index in [0.717, 1.165) is 18.2 Å². The van der Waals surface area contributed by atoms with E-state index in [2.05, 4.69) is 10.3 Å². The maximum Gasteiger partial charge on any atom is 0.274 e. The maximum atomic E-state index is 14.4. The van der Waals surface area contributed by atoms with Crippen LogP contribution in [0.5, 0.6) is 0 Å². The number of nitrogens with one attached hydrogen (secondary N) is 1. The second-order valence-electron chi connectivity index (χ2n) is 8.32. The Kier molecular flexibility index (Phi) is 7.38. The van der Waals surface area contributed by atoms with Crippen LogP contribution < -0.4 is 5.32 Å². The minimum atomic E-state index is -2.09. The van der Waals surface area contributed by atoms with Crippen molar-refractivity contribution in [1.29, 1.82) is 0 Å². The molecule has 160 valence electrons. The molecule has 5 nitrogen and oxygen atoms in total. The number of anilines is 1. The fourth-order valence-corrected chi connectivity index (χ4v) is 3.16. The second kappa shape index (κ2) is 9.40. The summed E-state index contributed by atoms with van der Waals surface area (Å²) in [4.78, 5) is 28.2. The number of pyridine rings is 1. The first-order chi connectivity index (χ1) is 13.9. The lowest BCUT2D eigenvalue weighted by molar-refractivity contribution is 0.0997. The number of amides is 1. The van der Waals surface area contributed by atoms with Crippen molar-refractivity contribution in [2.45, 2.75) is 38.9 Å². The van der Waals surface area contributed by atoms with Crippen LogP contribution in [-0.2, 0) is 4.43 Å². The van der Waals surface area contributed by atoms with Crippen LogP contribution in [0.3, 0.4) is 0 Å². The summed E-state index contributed by atoms with van der Waals surface area (Å²) in [7, 11) is -2.09. The molecule has 0 aliphatic heterocycles. The Balaban J connectivity index is 2.06. The molecular formula is C22H26F2N2O3Si. The second-order valence-corrected chi connectivity index (χ2v) is 13.1. The third-order valence-electron chi connectivity index (χ3n) is 5.10. The van der Waals surface area contributed by atoms with Gasteiger partial charge in [0.05, 0.1) is 12.2 Å². The van der Waals surface area contributed by atoms with Crippen LogP contribution >= 0.6 is 0 Å². The summed E-state index contributed by atoms with van der Waals surface area (Å²) in [6.07, 6.45) is 2.49. The van der Waals surface area contributed by atoms with E-state index in [1.807, 2.05) is 33.9 Å². The molecule has 1 N–H and O–H groups in total. The molecule has 0 fully saturated rings. The lowest BCUT2D eigenvalue weighted by Crippen LogP contribution is -2.40. The lowest BCUT2D eigenvalue weighted by atomic mass is 10.1. The molecule has 0 spiro atoms. The number of allylic oxidation sites excluding steroid dienone is 1. The highest BCUT2D eigenvalue weighted by Crippen LogP contribution is 2.36. The van der Waals surface area contributed by atoms with Gasteiger partial charge in [-0.15, -0.1) is 0 Å². The van der Waals surface area contributed by atoms with Crippen molar-refractivity contribution in [3.05, 3.63) is 71.6 Å². The molecule has 0 saturated carbocycles. The number of carbonyl (C=O) groups excluding carboxylic acids is 2. The molecule has 0 radical (unpaired) electrons. The normalized spacial score (nSPS) is 12.6. The van der Waals surface area contributed by atoms with Gasteiger partial charge in [0, 0.05) is 11.9 Å². The Morgan fingerprint density at radius 1 is 1.20 bits per heavy atom. The predicted octanol–water partition coefficient (Wildman–Crippen LogP) is 5.53. The summed E-state index contributed by atoms with van der Waals surface area (Å²) in [5.41, 5.74) is -0.133. The SMILES string of the molecule is CC(C)(C)[Si](C)(C)OC/C=C(\F)C(=O)c1ccc(NC(=O)c2ccccn2)cc1F. The first-order valence-electron chi connectivity index (χ1n) is 9.48. The third-order valence-corrected chi connectivity index (χ3v) is 9.60. The first kappa shape index (κ1) is 23.6. The molecule has 0 bridgehead atoms. The van der Waals surface area contributed by atoms with E-state index in [-0.39, 0.29) is 23.0 Å². The number of aromatic nitrogens is 1. The Hall–Kier alpha value is -2.71. The predicted molar refractivity (Wildman–Crippen MR) is 115 cm³/mol. The zero-order valence-electron chi connectivity index (χ0n) is 17.8. The van der Waals surface area contributed by atoms with Crippen LogP contribution in [0.4, 0.5) is 14.5 Å². The van der Waals surface area contributed by atoms with Gasteiger partial charge in [-0.25, -0.2) is 8.78 Å². The van der Waals surface area contributed by atoms with Crippen molar-refractivity contribution in [2.75, 3.05) is 11.9 Å². The van der Waals surface area contributed by atoms with Gasteiger partial charge in [0.1, 0.15) is 11.5 Å². The van der Waals surface area contributed by atoms with Crippen LogP contribution in [0.1, 0.15) is 41.6 Å². The van der Waals surface area contributed by atoms with Crippen molar-refractivity contribution in [2.24, 2.45) is 0 Å². The first-order valence-corrected chi connectivity index (χ1v) is 12.4. The topological polar surface area (TPSA) is 68.3 Å². The maximum absolute atomic E-state index is 14.4. The van der Waals surface area contributed by atoms with E-state index in [1.165, 1.54) is 18.3 Å². The highest BCUT2D eigenvalue weighted by molar-refractivity contribution is 6.74. The standard InChI is InChI=1S/C22H26F2N2O3Si/c1-22(2,3)30(4,5)29-13-11-17(23)20(27)16-10-9-15(14-18(16)24)26-21(28)19-8-6-7-12-25-19/h6-12,14H,13H2,1-5H3,(H,26,28)/b17-11-. The minimum absolute atomic E-state index is 0.0526. The molecule has 0 aliphatic carbocycles. The summed E-state index contributed by atoms with van der Waals surface area (Å²) in [6, 6.07) is 8.25. The van der Waals surface area contributed by atoms with Gasteiger partial charge in [-0.2, -0.15) is 0 Å². The van der Waals surface area contributed by atoms with Crippen LogP contribution in [0.2, 0.25) is 18.1 Å².